The lowest BCUT2D eigenvalue weighted by Crippen LogP contribution is -2.67. The van der Waals surface area contributed by atoms with Crippen molar-refractivity contribution in [2.24, 2.45) is 5.11 Å². The van der Waals surface area contributed by atoms with Crippen molar-refractivity contribution in [2.75, 3.05) is 13.2 Å². The van der Waals surface area contributed by atoms with Gasteiger partial charge in [-0.15, -0.1) is 0 Å². The number of azide groups is 1. The maximum absolute atomic E-state index is 14.6. The summed E-state index contributed by atoms with van der Waals surface area (Å²) in [4.78, 5) is 103. The van der Waals surface area contributed by atoms with Crippen LogP contribution in [0.2, 0.25) is 0 Å². The number of hydrogen-bond acceptors (Lipinski definition) is 18. The van der Waals surface area contributed by atoms with Crippen molar-refractivity contribution < 1.29 is 80.9 Å². The third kappa shape index (κ3) is 14.2. The van der Waals surface area contributed by atoms with Gasteiger partial charge in [0, 0.05) is 4.91 Å². The number of nitrogens with zero attached hydrogens (tertiary/aromatic N) is 3. The molecule has 2 heterocycles. The highest BCUT2D eigenvalue weighted by atomic mass is 16.8. The zero-order valence-electron chi connectivity index (χ0n) is 42.7. The predicted molar refractivity (Wildman–Crippen MR) is 283 cm³/mol. The van der Waals surface area contributed by atoms with Crippen LogP contribution in [-0.2, 0) is 47.4 Å². The molecule has 0 aromatic heterocycles. The molecule has 0 saturated carbocycles. The first kappa shape index (κ1) is 55.8. The molecule has 20 nitrogen and oxygen atoms in total. The summed E-state index contributed by atoms with van der Waals surface area (Å²) < 4.78 is 63.0. The van der Waals surface area contributed by atoms with E-state index in [1.54, 1.807) is 127 Å². The van der Waals surface area contributed by atoms with Gasteiger partial charge in [0.1, 0.15) is 24.9 Å². The summed E-state index contributed by atoms with van der Waals surface area (Å²) in [7, 11) is 0. The Morgan fingerprint density at radius 1 is 0.346 bits per heavy atom. The first-order chi connectivity index (χ1) is 39.5. The monoisotopic (exact) mass is 1100 g/mol. The first-order valence-electron chi connectivity index (χ1n) is 25.3. The van der Waals surface area contributed by atoms with Crippen LogP contribution in [0.4, 0.5) is 0 Å². The standard InChI is InChI=1S/C61H49N3O17/c62-64-63-36-45-47(75-54(66)39-24-10-2-11-25-39)49(76-55(67)40-26-12-3-13-27-40)51(78-57(69)42-30-16-5-17-31-42)60(73-45)80-48-46(37-72-53(65)38-22-8-1-9-23-38)74-61(81-59(71)44-34-20-7-21-35-44)52(79-58(70)43-32-18-6-19-33-43)50(48)77-56(68)41-28-14-4-15-29-41/h1-35,45-52,60-61H,36-37H2/t45-,46-,47+,48-,49+,50+,51-,52+,60+,61-/m1/s1. The summed E-state index contributed by atoms with van der Waals surface area (Å²) in [6, 6.07) is 53.8. The van der Waals surface area contributed by atoms with Crippen molar-refractivity contribution in [3.63, 3.8) is 0 Å². The zero-order chi connectivity index (χ0) is 56.5. The van der Waals surface area contributed by atoms with Crippen LogP contribution in [0.3, 0.4) is 0 Å². The van der Waals surface area contributed by atoms with Crippen LogP contribution in [0.25, 0.3) is 10.4 Å². The molecular formula is C61H49N3O17. The van der Waals surface area contributed by atoms with E-state index in [0.29, 0.717) is 0 Å². The molecule has 2 fully saturated rings. The molecule has 2 aliphatic heterocycles. The van der Waals surface area contributed by atoms with Crippen molar-refractivity contribution in [2.45, 2.75) is 61.4 Å². The van der Waals surface area contributed by atoms with E-state index in [2.05, 4.69) is 10.0 Å². The number of carbonyl (C=O) groups excluding carboxylic acids is 7. The van der Waals surface area contributed by atoms with Crippen LogP contribution >= 0.6 is 0 Å². The van der Waals surface area contributed by atoms with E-state index in [9.17, 15) is 39.1 Å². The Morgan fingerprint density at radius 3 is 0.988 bits per heavy atom. The highest BCUT2D eigenvalue weighted by Gasteiger charge is 2.58. The topological polar surface area (TPSA) is 261 Å². The van der Waals surface area contributed by atoms with E-state index < -0.39 is 116 Å². The Balaban J connectivity index is 1.21. The number of benzene rings is 7. The molecule has 0 radical (unpaired) electrons. The molecule has 0 unspecified atom stereocenters. The van der Waals surface area contributed by atoms with Gasteiger partial charge in [-0.25, -0.2) is 33.6 Å². The fraction of sp³-hybridized carbons (Fsp3) is 0.197. The molecule has 9 rings (SSSR count). The zero-order valence-corrected chi connectivity index (χ0v) is 42.7. The van der Waals surface area contributed by atoms with E-state index in [1.807, 2.05) is 0 Å². The predicted octanol–water partition coefficient (Wildman–Crippen LogP) is 8.97. The van der Waals surface area contributed by atoms with Crippen LogP contribution in [-0.4, -0.2) is 116 Å². The molecule has 2 aliphatic rings. The van der Waals surface area contributed by atoms with Gasteiger partial charge in [-0.1, -0.05) is 133 Å². The van der Waals surface area contributed by atoms with Gasteiger partial charge >= 0.3 is 41.8 Å². The second-order valence-electron chi connectivity index (χ2n) is 18.0. The maximum atomic E-state index is 14.6. The Hall–Kier alpha value is -9.98. The van der Waals surface area contributed by atoms with Crippen molar-refractivity contribution >= 4 is 41.8 Å². The lowest BCUT2D eigenvalue weighted by molar-refractivity contribution is -0.348. The number of hydrogen-bond donors (Lipinski definition) is 0. The van der Waals surface area contributed by atoms with E-state index in [0.717, 1.165) is 0 Å². The molecule has 7 aromatic carbocycles. The average molecular weight is 1100 g/mol. The van der Waals surface area contributed by atoms with Gasteiger partial charge in [0.15, 0.2) is 30.7 Å². The Morgan fingerprint density at radius 2 is 0.630 bits per heavy atom. The highest BCUT2D eigenvalue weighted by molar-refractivity contribution is 5.93. The lowest BCUT2D eigenvalue weighted by atomic mass is 9.95. The fourth-order valence-electron chi connectivity index (χ4n) is 8.73. The van der Waals surface area contributed by atoms with Crippen LogP contribution in [0.15, 0.2) is 217 Å². The Kier molecular flexibility index (Phi) is 18.6. The van der Waals surface area contributed by atoms with E-state index >= 15 is 0 Å². The van der Waals surface area contributed by atoms with Gasteiger partial charge in [0.2, 0.25) is 12.4 Å². The molecule has 0 amide bonds. The van der Waals surface area contributed by atoms with Gasteiger partial charge in [-0.2, -0.15) is 0 Å². The lowest BCUT2D eigenvalue weighted by Gasteiger charge is -2.48. The molecule has 0 aliphatic carbocycles. The summed E-state index contributed by atoms with van der Waals surface area (Å²) in [5.41, 5.74) is 9.86. The highest BCUT2D eigenvalue weighted by Crippen LogP contribution is 2.37. The van der Waals surface area contributed by atoms with Gasteiger partial charge < -0.3 is 47.4 Å². The van der Waals surface area contributed by atoms with Crippen molar-refractivity contribution in [1.82, 2.24) is 0 Å². The molecule has 0 bridgehead atoms. The molecule has 7 aromatic rings. The van der Waals surface area contributed by atoms with E-state index in [4.69, 9.17) is 47.4 Å². The van der Waals surface area contributed by atoms with Crippen LogP contribution in [0.5, 0.6) is 0 Å². The second kappa shape index (κ2) is 27.1. The van der Waals surface area contributed by atoms with E-state index in [1.165, 1.54) is 84.9 Å². The summed E-state index contributed by atoms with van der Waals surface area (Å²) in [5.74, 6) is -6.93. The Labute approximate surface area is 462 Å². The molecule has 2 saturated heterocycles. The quantitative estimate of drug-likeness (QED) is 0.0240. The number of esters is 7. The largest absolute Gasteiger partial charge is 0.459 e. The number of rotatable bonds is 19. The Bertz CT molecular complexity index is 3320. The van der Waals surface area contributed by atoms with Gasteiger partial charge in [0.05, 0.1) is 45.5 Å². The summed E-state index contributed by atoms with van der Waals surface area (Å²) in [5, 5.41) is 3.73. The molecule has 10 atom stereocenters. The van der Waals surface area contributed by atoms with Crippen LogP contribution in [0.1, 0.15) is 72.5 Å². The molecular weight excluding hydrogens is 1050 g/mol. The molecule has 0 N–H and O–H groups in total. The second-order valence-corrected chi connectivity index (χ2v) is 18.0. The summed E-state index contributed by atoms with van der Waals surface area (Å²) in [6.45, 7) is -1.44. The van der Waals surface area contributed by atoms with Gasteiger partial charge in [0.25, 0.3) is 0 Å². The summed E-state index contributed by atoms with van der Waals surface area (Å²) in [6.07, 6.45) is -18.9. The third-order valence-corrected chi connectivity index (χ3v) is 12.7. The minimum absolute atomic E-state index is 0.00119. The van der Waals surface area contributed by atoms with Gasteiger partial charge in [-0.3, -0.25) is 0 Å². The minimum Gasteiger partial charge on any atom is -0.459 e. The minimum atomic E-state index is -2.08. The van der Waals surface area contributed by atoms with Crippen molar-refractivity contribution in [1.29, 1.82) is 0 Å². The summed E-state index contributed by atoms with van der Waals surface area (Å²) >= 11 is 0. The van der Waals surface area contributed by atoms with Crippen LogP contribution < -0.4 is 0 Å². The SMILES string of the molecule is [N-]=[N+]=NC[C@H]1O[C@@H](O[C@H]2[C@H](OC(=O)c3ccccc3)[C@H](OC(=O)c3ccccc3)[C@@H](OC(=O)c3ccccc3)O[C@@H]2COC(=O)c2ccccc2)[C@H](OC(=O)c2ccccc2)[C@@H](OC(=O)c2ccccc2)[C@H]1OC(=O)c1ccccc1. The van der Waals surface area contributed by atoms with Crippen molar-refractivity contribution in [3.8, 4) is 0 Å². The molecule has 410 valence electrons. The van der Waals surface area contributed by atoms with Gasteiger partial charge in [-0.05, 0) is 90.5 Å². The third-order valence-electron chi connectivity index (χ3n) is 12.7. The fourth-order valence-corrected chi connectivity index (χ4v) is 8.73. The molecule has 81 heavy (non-hydrogen) atoms. The van der Waals surface area contributed by atoms with Crippen molar-refractivity contribution in [3.05, 3.63) is 262 Å². The maximum Gasteiger partial charge on any atom is 0.340 e. The smallest absolute Gasteiger partial charge is 0.340 e. The molecule has 0 spiro atoms. The first-order valence-corrected chi connectivity index (χ1v) is 25.3. The number of ether oxygens (including phenoxy) is 10. The van der Waals surface area contributed by atoms with Crippen LogP contribution in [0, 0.1) is 0 Å². The normalized spacial score (nSPS) is 22.0. The number of carbonyl (C=O) groups is 7. The van der Waals surface area contributed by atoms with E-state index in [-0.39, 0.29) is 38.9 Å². The molecule has 20 heteroatoms. The average Bonchev–Trinajstić information content (AvgIpc) is 3.68.